The average Bonchev–Trinajstić information content (AvgIpc) is 3.09. The number of halogens is 1. The van der Waals surface area contributed by atoms with Crippen LogP contribution in [0.4, 0.5) is 0 Å². The van der Waals surface area contributed by atoms with Gasteiger partial charge in [-0.3, -0.25) is 4.99 Å². The third-order valence-corrected chi connectivity index (χ3v) is 4.40. The van der Waals surface area contributed by atoms with Gasteiger partial charge >= 0.3 is 0 Å². The summed E-state index contributed by atoms with van der Waals surface area (Å²) in [6.45, 7) is 3.80. The third kappa shape index (κ3) is 6.23. The summed E-state index contributed by atoms with van der Waals surface area (Å²) in [4.78, 5) is 9.00. The normalized spacial score (nSPS) is 11.3. The Morgan fingerprint density at radius 3 is 2.56 bits per heavy atom. The Hall–Kier alpha value is -2.09. The summed E-state index contributed by atoms with van der Waals surface area (Å²) in [5.74, 6) is 0.845. The van der Waals surface area contributed by atoms with Crippen molar-refractivity contribution < 1.29 is 0 Å². The molecule has 0 saturated heterocycles. The summed E-state index contributed by atoms with van der Waals surface area (Å²) >= 11 is 0. The van der Waals surface area contributed by atoms with Crippen molar-refractivity contribution in [3.63, 3.8) is 0 Å². The number of aryl methyl sites for hydroxylation is 2. The molecule has 2 aromatic heterocycles. The number of imidazole rings is 1. The number of guanidine groups is 1. The van der Waals surface area contributed by atoms with E-state index in [4.69, 9.17) is 4.98 Å². The zero-order valence-electron chi connectivity index (χ0n) is 16.0. The fraction of sp³-hybridized carbons (Fsp3) is 0.333. The molecule has 3 rings (SSSR count). The van der Waals surface area contributed by atoms with Crippen molar-refractivity contribution >= 4 is 35.6 Å². The predicted molar refractivity (Wildman–Crippen MR) is 123 cm³/mol. The van der Waals surface area contributed by atoms with E-state index >= 15 is 0 Å². The molecule has 0 bridgehead atoms. The predicted octanol–water partition coefficient (Wildman–Crippen LogP) is 3.60. The highest BCUT2D eigenvalue weighted by Crippen LogP contribution is 2.10. The van der Waals surface area contributed by atoms with Crippen LogP contribution in [0.15, 0.2) is 59.9 Å². The fourth-order valence-corrected chi connectivity index (χ4v) is 3.00. The summed E-state index contributed by atoms with van der Waals surface area (Å²) in [6, 6.07) is 14.7. The minimum atomic E-state index is 0. The molecule has 0 aliphatic carbocycles. The first kappa shape index (κ1) is 21.2. The molecule has 1 aromatic carbocycles. The van der Waals surface area contributed by atoms with Gasteiger partial charge in [0, 0.05) is 39.0 Å². The lowest BCUT2D eigenvalue weighted by Gasteiger charge is -2.11. The van der Waals surface area contributed by atoms with E-state index in [1.807, 2.05) is 12.3 Å². The van der Waals surface area contributed by atoms with E-state index in [0.29, 0.717) is 0 Å². The van der Waals surface area contributed by atoms with E-state index in [1.54, 1.807) is 7.05 Å². The van der Waals surface area contributed by atoms with E-state index in [0.717, 1.165) is 49.7 Å². The first-order chi connectivity index (χ1) is 12.8. The van der Waals surface area contributed by atoms with Gasteiger partial charge < -0.3 is 15.0 Å². The molecule has 0 atom stereocenters. The zero-order valence-corrected chi connectivity index (χ0v) is 18.3. The molecule has 0 fully saturated rings. The molecule has 0 radical (unpaired) electrons. The first-order valence-electron chi connectivity index (χ1n) is 9.18. The van der Waals surface area contributed by atoms with Gasteiger partial charge in [0.2, 0.25) is 0 Å². The number of pyridine rings is 1. The van der Waals surface area contributed by atoms with E-state index in [-0.39, 0.29) is 24.0 Å². The Balaban J connectivity index is 0.00000261. The van der Waals surface area contributed by atoms with Crippen LogP contribution in [0.5, 0.6) is 0 Å². The van der Waals surface area contributed by atoms with Gasteiger partial charge in [-0.25, -0.2) is 4.98 Å². The summed E-state index contributed by atoms with van der Waals surface area (Å²) in [7, 11) is 1.81. The van der Waals surface area contributed by atoms with Crippen LogP contribution in [-0.2, 0) is 12.8 Å². The fourth-order valence-electron chi connectivity index (χ4n) is 3.00. The summed E-state index contributed by atoms with van der Waals surface area (Å²) in [5, 5.41) is 6.74. The number of nitrogens with zero attached hydrogens (tertiary/aromatic N) is 3. The molecule has 5 nitrogen and oxygen atoms in total. The van der Waals surface area contributed by atoms with E-state index < -0.39 is 0 Å². The second-order valence-electron chi connectivity index (χ2n) is 6.42. The molecular formula is C21H28IN5. The van der Waals surface area contributed by atoms with Gasteiger partial charge in [-0.05, 0) is 37.0 Å². The number of fused-ring (bicyclic) bond motifs is 1. The SMILES string of the molecule is CN=C(NCCCc1ccccc1)NCCc1cn2cccc(C)c2n1.I. The maximum absolute atomic E-state index is 4.71. The van der Waals surface area contributed by atoms with Crippen molar-refractivity contribution in [3.8, 4) is 0 Å². The Bertz CT molecular complexity index is 857. The monoisotopic (exact) mass is 477 g/mol. The molecule has 27 heavy (non-hydrogen) atoms. The van der Waals surface area contributed by atoms with Gasteiger partial charge in [0.25, 0.3) is 0 Å². The lowest BCUT2D eigenvalue weighted by molar-refractivity contribution is 0.737. The van der Waals surface area contributed by atoms with Crippen molar-refractivity contribution in [2.45, 2.75) is 26.2 Å². The second kappa shape index (κ2) is 10.9. The highest BCUT2D eigenvalue weighted by Gasteiger charge is 2.04. The van der Waals surface area contributed by atoms with Crippen LogP contribution < -0.4 is 10.6 Å². The molecule has 0 amide bonds. The maximum Gasteiger partial charge on any atom is 0.190 e. The minimum Gasteiger partial charge on any atom is -0.356 e. The molecular weight excluding hydrogens is 449 g/mol. The number of hydrogen-bond donors (Lipinski definition) is 2. The van der Waals surface area contributed by atoms with Crippen LogP contribution in [0.2, 0.25) is 0 Å². The van der Waals surface area contributed by atoms with E-state index in [1.165, 1.54) is 11.1 Å². The van der Waals surface area contributed by atoms with Crippen molar-refractivity contribution in [2.24, 2.45) is 4.99 Å². The number of aromatic nitrogens is 2. The van der Waals surface area contributed by atoms with Gasteiger partial charge in [0.1, 0.15) is 5.65 Å². The lowest BCUT2D eigenvalue weighted by Crippen LogP contribution is -2.38. The number of rotatable bonds is 7. The average molecular weight is 477 g/mol. The molecule has 2 heterocycles. The standard InChI is InChI=1S/C21H27N5.HI/c1-17-8-7-15-26-16-19(25-20(17)26)12-14-24-21(22-2)23-13-6-11-18-9-4-3-5-10-18;/h3-5,7-10,15-16H,6,11-14H2,1-2H3,(H2,22,23,24);1H. The van der Waals surface area contributed by atoms with Gasteiger partial charge in [0.05, 0.1) is 5.69 Å². The van der Waals surface area contributed by atoms with Gasteiger partial charge in [0.15, 0.2) is 5.96 Å². The molecule has 0 saturated carbocycles. The van der Waals surface area contributed by atoms with E-state index in [2.05, 4.69) is 69.5 Å². The quantitative estimate of drug-likeness (QED) is 0.237. The second-order valence-corrected chi connectivity index (χ2v) is 6.42. The summed E-state index contributed by atoms with van der Waals surface area (Å²) in [6.07, 6.45) is 7.16. The highest BCUT2D eigenvalue weighted by atomic mass is 127. The summed E-state index contributed by atoms with van der Waals surface area (Å²) in [5.41, 5.74) is 4.69. The third-order valence-electron chi connectivity index (χ3n) is 4.40. The number of benzene rings is 1. The Kier molecular flexibility index (Phi) is 8.57. The molecule has 0 unspecified atom stereocenters. The Labute approximate surface area is 178 Å². The molecule has 0 aliphatic heterocycles. The maximum atomic E-state index is 4.71. The smallest absolute Gasteiger partial charge is 0.190 e. The van der Waals surface area contributed by atoms with Crippen LogP contribution in [0.1, 0.15) is 23.2 Å². The lowest BCUT2D eigenvalue weighted by atomic mass is 10.1. The molecule has 0 aliphatic rings. The van der Waals surface area contributed by atoms with Crippen molar-refractivity contribution in [1.82, 2.24) is 20.0 Å². The molecule has 3 aromatic rings. The Morgan fingerprint density at radius 2 is 1.81 bits per heavy atom. The molecule has 6 heteroatoms. The van der Waals surface area contributed by atoms with Crippen molar-refractivity contribution in [2.75, 3.05) is 20.1 Å². The highest BCUT2D eigenvalue weighted by molar-refractivity contribution is 14.0. The topological polar surface area (TPSA) is 53.7 Å². The van der Waals surface area contributed by atoms with E-state index in [9.17, 15) is 0 Å². The van der Waals surface area contributed by atoms with Crippen LogP contribution in [0.25, 0.3) is 5.65 Å². The zero-order chi connectivity index (χ0) is 18.2. The van der Waals surface area contributed by atoms with Gasteiger partial charge in [-0.2, -0.15) is 0 Å². The molecule has 0 spiro atoms. The van der Waals surface area contributed by atoms with Crippen LogP contribution in [-0.4, -0.2) is 35.5 Å². The number of hydrogen-bond acceptors (Lipinski definition) is 2. The van der Waals surface area contributed by atoms with Crippen LogP contribution >= 0.6 is 24.0 Å². The molecule has 2 N–H and O–H groups in total. The van der Waals surface area contributed by atoms with Gasteiger partial charge in [-0.15, -0.1) is 24.0 Å². The largest absolute Gasteiger partial charge is 0.356 e. The minimum absolute atomic E-state index is 0. The first-order valence-corrected chi connectivity index (χ1v) is 9.18. The van der Waals surface area contributed by atoms with Gasteiger partial charge in [-0.1, -0.05) is 36.4 Å². The van der Waals surface area contributed by atoms with Crippen LogP contribution in [0, 0.1) is 6.92 Å². The van der Waals surface area contributed by atoms with Crippen molar-refractivity contribution in [3.05, 3.63) is 71.7 Å². The summed E-state index contributed by atoms with van der Waals surface area (Å²) < 4.78 is 2.08. The van der Waals surface area contributed by atoms with Crippen molar-refractivity contribution in [1.29, 1.82) is 0 Å². The molecule has 144 valence electrons. The number of aliphatic imine (C=N–C) groups is 1. The Morgan fingerprint density at radius 1 is 1.04 bits per heavy atom. The van der Waals surface area contributed by atoms with Crippen LogP contribution in [0.3, 0.4) is 0 Å². The number of nitrogens with one attached hydrogen (secondary N) is 2.